The Balaban J connectivity index is 2.55. The van der Waals surface area contributed by atoms with E-state index in [2.05, 4.69) is 31.5 Å². The van der Waals surface area contributed by atoms with Crippen molar-refractivity contribution in [2.45, 2.75) is 25.9 Å². The summed E-state index contributed by atoms with van der Waals surface area (Å²) in [6.07, 6.45) is 5.42. The molecule has 0 fully saturated rings. The van der Waals surface area contributed by atoms with E-state index in [0.717, 1.165) is 6.42 Å². The van der Waals surface area contributed by atoms with Crippen LogP contribution in [0.2, 0.25) is 0 Å². The topological polar surface area (TPSA) is 21.6 Å². The standard InChI is InChI=1S/C7H15NOS/c1-7(2)5-6(8-9-7)10(3)4/h10H,5H2,1-4H3. The number of rotatable bonds is 0. The van der Waals surface area contributed by atoms with Gasteiger partial charge in [-0.2, -0.15) is 0 Å². The van der Waals surface area contributed by atoms with E-state index in [1.54, 1.807) is 0 Å². The summed E-state index contributed by atoms with van der Waals surface area (Å²) in [7, 11) is -0.0350. The molecular formula is C7H15NOS. The third-order valence-corrected chi connectivity index (χ3v) is 2.77. The Morgan fingerprint density at radius 2 is 2.10 bits per heavy atom. The second kappa shape index (κ2) is 2.46. The van der Waals surface area contributed by atoms with Crippen molar-refractivity contribution < 1.29 is 4.84 Å². The Morgan fingerprint density at radius 1 is 1.50 bits per heavy atom. The molecule has 0 aliphatic carbocycles. The summed E-state index contributed by atoms with van der Waals surface area (Å²) in [6.45, 7) is 4.14. The molecule has 0 saturated heterocycles. The summed E-state index contributed by atoms with van der Waals surface area (Å²) in [5.74, 6) is 0. The van der Waals surface area contributed by atoms with E-state index in [1.807, 2.05) is 0 Å². The van der Waals surface area contributed by atoms with Crippen LogP contribution >= 0.6 is 10.9 Å². The maximum atomic E-state index is 5.22. The number of hydrogen-bond acceptors (Lipinski definition) is 2. The fourth-order valence-electron chi connectivity index (χ4n) is 0.861. The van der Waals surface area contributed by atoms with Gasteiger partial charge in [0.05, 0.1) is 5.04 Å². The van der Waals surface area contributed by atoms with Crippen LogP contribution in [0.3, 0.4) is 0 Å². The van der Waals surface area contributed by atoms with Gasteiger partial charge in [0.15, 0.2) is 0 Å². The van der Waals surface area contributed by atoms with Gasteiger partial charge in [0.1, 0.15) is 5.60 Å². The average Bonchev–Trinajstić information content (AvgIpc) is 2.10. The van der Waals surface area contributed by atoms with Crippen LogP contribution in [0.1, 0.15) is 20.3 Å². The molecule has 0 aromatic rings. The van der Waals surface area contributed by atoms with Crippen molar-refractivity contribution in [2.24, 2.45) is 5.16 Å². The van der Waals surface area contributed by atoms with E-state index in [4.69, 9.17) is 4.84 Å². The lowest BCUT2D eigenvalue weighted by molar-refractivity contribution is 0.0123. The van der Waals surface area contributed by atoms with Crippen molar-refractivity contribution in [1.29, 1.82) is 0 Å². The molecule has 1 rings (SSSR count). The van der Waals surface area contributed by atoms with Gasteiger partial charge in [-0.15, -0.1) is 0 Å². The first-order valence-corrected chi connectivity index (χ1v) is 5.67. The lowest BCUT2D eigenvalue weighted by Crippen LogP contribution is -2.18. The van der Waals surface area contributed by atoms with Crippen molar-refractivity contribution in [2.75, 3.05) is 12.5 Å². The van der Waals surface area contributed by atoms with Crippen LogP contribution < -0.4 is 0 Å². The van der Waals surface area contributed by atoms with Gasteiger partial charge >= 0.3 is 0 Å². The lowest BCUT2D eigenvalue weighted by Gasteiger charge is -2.14. The molecule has 0 bridgehead atoms. The molecule has 3 heteroatoms. The monoisotopic (exact) mass is 161 g/mol. The molecule has 0 N–H and O–H groups in total. The molecule has 10 heavy (non-hydrogen) atoms. The van der Waals surface area contributed by atoms with Crippen LogP contribution in [0.4, 0.5) is 0 Å². The number of thiol groups is 1. The first-order chi connectivity index (χ1) is 4.51. The zero-order chi connectivity index (χ0) is 7.78. The highest BCUT2D eigenvalue weighted by Gasteiger charge is 2.29. The maximum absolute atomic E-state index is 5.22. The molecule has 0 aromatic heterocycles. The molecular weight excluding hydrogens is 146 g/mol. The molecule has 60 valence electrons. The van der Waals surface area contributed by atoms with Gasteiger partial charge in [-0.25, -0.2) is 10.9 Å². The molecule has 0 atom stereocenters. The van der Waals surface area contributed by atoms with E-state index in [9.17, 15) is 0 Å². The molecule has 0 aromatic carbocycles. The third kappa shape index (κ3) is 1.66. The van der Waals surface area contributed by atoms with Crippen LogP contribution in [0, 0.1) is 0 Å². The molecule has 0 saturated carbocycles. The van der Waals surface area contributed by atoms with Gasteiger partial charge in [0.25, 0.3) is 0 Å². The summed E-state index contributed by atoms with van der Waals surface area (Å²) >= 11 is 0. The van der Waals surface area contributed by atoms with E-state index >= 15 is 0 Å². The van der Waals surface area contributed by atoms with Crippen LogP contribution in [-0.2, 0) is 4.84 Å². The first kappa shape index (κ1) is 7.92. The highest BCUT2D eigenvalue weighted by atomic mass is 32.2. The van der Waals surface area contributed by atoms with Crippen molar-refractivity contribution in [3.05, 3.63) is 0 Å². The fraction of sp³-hybridized carbons (Fsp3) is 0.857. The molecule has 0 amide bonds. The number of nitrogens with zero attached hydrogens (tertiary/aromatic N) is 1. The van der Waals surface area contributed by atoms with Crippen molar-refractivity contribution in [3.63, 3.8) is 0 Å². The van der Waals surface area contributed by atoms with Crippen molar-refractivity contribution in [1.82, 2.24) is 0 Å². The van der Waals surface area contributed by atoms with Gasteiger partial charge in [-0.1, -0.05) is 5.16 Å². The van der Waals surface area contributed by atoms with E-state index in [0.29, 0.717) is 0 Å². The molecule has 0 unspecified atom stereocenters. The zero-order valence-electron chi connectivity index (χ0n) is 7.01. The van der Waals surface area contributed by atoms with E-state index < -0.39 is 0 Å². The average molecular weight is 161 g/mol. The largest absolute Gasteiger partial charge is 0.389 e. The van der Waals surface area contributed by atoms with E-state index in [1.165, 1.54) is 5.04 Å². The van der Waals surface area contributed by atoms with Crippen LogP contribution in [0.5, 0.6) is 0 Å². The predicted octanol–water partition coefficient (Wildman–Crippen LogP) is 1.76. The molecule has 0 radical (unpaired) electrons. The predicted molar refractivity (Wildman–Crippen MR) is 48.1 cm³/mol. The van der Waals surface area contributed by atoms with Crippen LogP contribution in [0.25, 0.3) is 0 Å². The quantitative estimate of drug-likeness (QED) is 0.537. The Labute approximate surface area is 65.0 Å². The van der Waals surface area contributed by atoms with Crippen molar-refractivity contribution in [3.8, 4) is 0 Å². The minimum Gasteiger partial charge on any atom is -0.389 e. The summed E-state index contributed by atoms with van der Waals surface area (Å²) in [6, 6.07) is 0. The zero-order valence-corrected chi connectivity index (χ0v) is 7.90. The van der Waals surface area contributed by atoms with Crippen molar-refractivity contribution >= 4 is 15.9 Å². The van der Waals surface area contributed by atoms with Crippen LogP contribution in [-0.4, -0.2) is 23.2 Å². The summed E-state index contributed by atoms with van der Waals surface area (Å²) in [4.78, 5) is 5.22. The highest BCUT2D eigenvalue weighted by molar-refractivity contribution is 8.29. The van der Waals surface area contributed by atoms with Gasteiger partial charge in [0.2, 0.25) is 0 Å². The maximum Gasteiger partial charge on any atom is 0.138 e. The Hall–Kier alpha value is -0.180. The molecule has 0 spiro atoms. The summed E-state index contributed by atoms with van der Waals surface area (Å²) in [5, 5.41) is 5.28. The Bertz CT molecular complexity index is 163. The number of oxime groups is 1. The van der Waals surface area contributed by atoms with Gasteiger partial charge in [-0.3, -0.25) is 0 Å². The molecule has 1 aliphatic rings. The van der Waals surface area contributed by atoms with Gasteiger partial charge in [-0.05, 0) is 26.4 Å². The normalized spacial score (nSPS) is 23.6. The molecule has 1 heterocycles. The summed E-state index contributed by atoms with van der Waals surface area (Å²) in [5.41, 5.74) is -0.0397. The number of hydrogen-bond donors (Lipinski definition) is 1. The molecule has 1 aliphatic heterocycles. The van der Waals surface area contributed by atoms with Gasteiger partial charge in [0, 0.05) is 6.42 Å². The smallest absolute Gasteiger partial charge is 0.138 e. The van der Waals surface area contributed by atoms with Gasteiger partial charge < -0.3 is 4.84 Å². The summed E-state index contributed by atoms with van der Waals surface area (Å²) < 4.78 is 0. The molecule has 2 nitrogen and oxygen atoms in total. The lowest BCUT2D eigenvalue weighted by atomic mass is 10.1. The van der Waals surface area contributed by atoms with Crippen LogP contribution in [0.15, 0.2) is 5.16 Å². The highest BCUT2D eigenvalue weighted by Crippen LogP contribution is 2.31. The first-order valence-electron chi connectivity index (χ1n) is 3.44. The third-order valence-electron chi connectivity index (χ3n) is 1.50. The minimum absolute atomic E-state index is 0.0350. The second-order valence-electron chi connectivity index (χ2n) is 3.43. The van der Waals surface area contributed by atoms with E-state index in [-0.39, 0.29) is 16.5 Å². The Morgan fingerprint density at radius 3 is 2.30 bits per heavy atom. The second-order valence-corrected chi connectivity index (χ2v) is 5.73. The minimum atomic E-state index is -0.0397. The Kier molecular flexibility index (Phi) is 1.95. The SMILES string of the molecule is C[SH](C)C1=NOC(C)(C)C1. The fourth-order valence-corrected chi connectivity index (χ4v) is 1.76.